The predicted molar refractivity (Wildman–Crippen MR) is 395 cm³/mol. The summed E-state index contributed by atoms with van der Waals surface area (Å²) in [6.07, 6.45) is 53.1. The van der Waals surface area contributed by atoms with E-state index in [2.05, 4.69) is 55.4 Å². The molecule has 0 aromatic rings. The van der Waals surface area contributed by atoms with Crippen LogP contribution in [-0.4, -0.2) is 96.7 Å². The maximum absolute atomic E-state index is 13.1. The van der Waals surface area contributed by atoms with E-state index in [1.165, 1.54) is 193 Å². The first-order valence-electron chi connectivity index (χ1n) is 40.2. The number of ether oxygens (including phenoxy) is 4. The van der Waals surface area contributed by atoms with Crippen molar-refractivity contribution in [3.63, 3.8) is 0 Å². The van der Waals surface area contributed by atoms with Crippen molar-refractivity contribution in [2.24, 2.45) is 23.7 Å². The highest BCUT2D eigenvalue weighted by Gasteiger charge is 2.30. The summed E-state index contributed by atoms with van der Waals surface area (Å²) in [4.78, 5) is 72.8. The first-order valence-corrected chi connectivity index (χ1v) is 43.2. The van der Waals surface area contributed by atoms with Crippen LogP contribution < -0.4 is 0 Å². The average molecular weight is 1420 g/mol. The topological polar surface area (TPSA) is 237 Å². The van der Waals surface area contributed by atoms with Crippen molar-refractivity contribution in [3.8, 4) is 0 Å². The molecule has 0 aliphatic rings. The quantitative estimate of drug-likeness (QED) is 0.0222. The molecule has 0 heterocycles. The number of aliphatic hydroxyl groups is 1. The van der Waals surface area contributed by atoms with Crippen molar-refractivity contribution < 1.29 is 80.2 Å². The van der Waals surface area contributed by atoms with Gasteiger partial charge in [-0.1, -0.05) is 344 Å². The lowest BCUT2D eigenvalue weighted by Gasteiger charge is -2.21. The molecule has 0 spiro atoms. The van der Waals surface area contributed by atoms with Crippen LogP contribution in [-0.2, 0) is 65.4 Å². The van der Waals surface area contributed by atoms with Crippen LogP contribution in [0.3, 0.4) is 0 Å². The molecular weight excluding hydrogens is 1270 g/mol. The number of carbonyl (C=O) groups excluding carboxylic acids is 4. The smallest absolute Gasteiger partial charge is 0.462 e. The van der Waals surface area contributed by atoms with Crippen molar-refractivity contribution in [2.75, 3.05) is 39.6 Å². The highest BCUT2D eigenvalue weighted by molar-refractivity contribution is 7.47. The summed E-state index contributed by atoms with van der Waals surface area (Å²) in [5, 5.41) is 10.6. The zero-order valence-corrected chi connectivity index (χ0v) is 65.5. The molecule has 19 heteroatoms. The van der Waals surface area contributed by atoms with Crippen molar-refractivity contribution in [1.29, 1.82) is 0 Å². The van der Waals surface area contributed by atoms with E-state index in [-0.39, 0.29) is 25.7 Å². The summed E-state index contributed by atoms with van der Waals surface area (Å²) in [6.45, 7) is 14.1. The molecule has 3 N–H and O–H groups in total. The molecular formula is C78H152O17P2. The molecule has 0 fully saturated rings. The van der Waals surface area contributed by atoms with Crippen LogP contribution in [0, 0.1) is 23.7 Å². The van der Waals surface area contributed by atoms with Gasteiger partial charge < -0.3 is 33.8 Å². The fraction of sp³-hybridized carbons (Fsp3) is 0.949. The van der Waals surface area contributed by atoms with E-state index in [0.717, 1.165) is 108 Å². The van der Waals surface area contributed by atoms with E-state index in [9.17, 15) is 43.2 Å². The van der Waals surface area contributed by atoms with E-state index in [4.69, 9.17) is 37.0 Å². The van der Waals surface area contributed by atoms with Gasteiger partial charge in [0.05, 0.1) is 26.4 Å². The van der Waals surface area contributed by atoms with Crippen molar-refractivity contribution in [2.45, 2.75) is 414 Å². The van der Waals surface area contributed by atoms with Gasteiger partial charge in [-0.15, -0.1) is 0 Å². The lowest BCUT2D eigenvalue weighted by atomic mass is 9.99. The fourth-order valence-electron chi connectivity index (χ4n) is 11.9. The monoisotopic (exact) mass is 1420 g/mol. The van der Waals surface area contributed by atoms with Gasteiger partial charge in [-0.05, 0) is 49.4 Å². The summed E-state index contributed by atoms with van der Waals surface area (Å²) in [6, 6.07) is 0. The summed E-state index contributed by atoms with van der Waals surface area (Å²) >= 11 is 0. The van der Waals surface area contributed by atoms with Gasteiger partial charge in [-0.25, -0.2) is 9.13 Å². The third kappa shape index (κ3) is 70.9. The Kier molecular flexibility index (Phi) is 65.9. The van der Waals surface area contributed by atoms with E-state index >= 15 is 0 Å². The van der Waals surface area contributed by atoms with Crippen molar-refractivity contribution in [1.82, 2.24) is 0 Å². The maximum Gasteiger partial charge on any atom is 0.472 e. The van der Waals surface area contributed by atoms with Crippen LogP contribution >= 0.6 is 15.6 Å². The van der Waals surface area contributed by atoms with E-state index in [1.54, 1.807) is 0 Å². The van der Waals surface area contributed by atoms with Gasteiger partial charge in [0.15, 0.2) is 12.2 Å². The zero-order chi connectivity index (χ0) is 71.7. The molecule has 0 saturated heterocycles. The summed E-state index contributed by atoms with van der Waals surface area (Å²) in [5.41, 5.74) is 0. The molecule has 0 saturated carbocycles. The Morgan fingerprint density at radius 1 is 0.289 bits per heavy atom. The first-order chi connectivity index (χ1) is 46.6. The van der Waals surface area contributed by atoms with Crippen LogP contribution in [0.2, 0.25) is 0 Å². The standard InChI is InChI=1S/C78H152O17P2/c1-9-71(8)57-49-41-32-26-22-18-14-12-10-11-13-15-19-23-27-33-42-50-58-75(80)88-64-73(95-78(83)61-53-45-35-29-31-39-47-55-69(4)5)66-92-96(84,85)90-62-72(79)63-91-97(86,87)93-67-74(65-89-76(81)59-51-43-37-36-40-48-56-70(6)7)94-77(82)60-52-44-34-28-24-20-16-17-21-25-30-38-46-54-68(2)3/h68-74,79H,9-67H2,1-8H3,(H,84,85)(H,86,87)/t71?,72-,73-,74-/m1/s1. The van der Waals surface area contributed by atoms with Gasteiger partial charge >= 0.3 is 39.5 Å². The second-order valence-corrected chi connectivity index (χ2v) is 32.7. The summed E-state index contributed by atoms with van der Waals surface area (Å²) in [7, 11) is -9.91. The maximum atomic E-state index is 13.1. The van der Waals surface area contributed by atoms with Gasteiger partial charge in [0.25, 0.3) is 0 Å². The molecule has 0 aliphatic carbocycles. The number of hydrogen-bond acceptors (Lipinski definition) is 15. The molecule has 0 amide bonds. The molecule has 0 radical (unpaired) electrons. The Labute approximate surface area is 594 Å². The third-order valence-corrected chi connectivity index (χ3v) is 20.3. The van der Waals surface area contributed by atoms with E-state index in [0.29, 0.717) is 37.5 Å². The Hall–Kier alpha value is -1.94. The average Bonchev–Trinajstić information content (AvgIpc) is 1.13. The molecule has 3 unspecified atom stereocenters. The van der Waals surface area contributed by atoms with E-state index in [1.807, 2.05) is 0 Å². The minimum absolute atomic E-state index is 0.104. The Morgan fingerprint density at radius 2 is 0.495 bits per heavy atom. The SMILES string of the molecule is CCC(C)CCCCCCCCCCCCCCCCCCCCC(=O)OC[C@H](COP(=O)(O)OC[C@@H](O)COP(=O)(O)OC[C@@H](COC(=O)CCCCCCCCC(C)C)OC(=O)CCCCCCCCCCCCCCCC(C)C)OC(=O)CCCCCCCCCC(C)C. The fourth-order valence-corrected chi connectivity index (χ4v) is 13.5. The molecule has 97 heavy (non-hydrogen) atoms. The van der Waals surface area contributed by atoms with Gasteiger partial charge in [0, 0.05) is 25.7 Å². The van der Waals surface area contributed by atoms with Crippen molar-refractivity contribution in [3.05, 3.63) is 0 Å². The Balaban J connectivity index is 5.12. The number of rotatable bonds is 75. The molecule has 0 aromatic heterocycles. The normalized spacial score (nSPS) is 14.4. The largest absolute Gasteiger partial charge is 0.472 e. The van der Waals surface area contributed by atoms with Crippen LogP contribution in [0.4, 0.5) is 0 Å². The minimum atomic E-state index is -4.96. The number of carbonyl (C=O) groups is 4. The Morgan fingerprint density at radius 3 is 0.732 bits per heavy atom. The number of phosphoric acid groups is 2. The second-order valence-electron chi connectivity index (χ2n) is 29.8. The minimum Gasteiger partial charge on any atom is -0.462 e. The van der Waals surface area contributed by atoms with Crippen LogP contribution in [0.1, 0.15) is 396 Å². The summed E-state index contributed by atoms with van der Waals surface area (Å²) < 4.78 is 68.5. The Bertz CT molecular complexity index is 1900. The van der Waals surface area contributed by atoms with Crippen molar-refractivity contribution >= 4 is 39.5 Å². The number of phosphoric ester groups is 2. The lowest BCUT2D eigenvalue weighted by molar-refractivity contribution is -0.161. The zero-order valence-electron chi connectivity index (χ0n) is 63.7. The van der Waals surface area contributed by atoms with Crippen LogP contribution in [0.5, 0.6) is 0 Å². The molecule has 17 nitrogen and oxygen atoms in total. The number of hydrogen-bond donors (Lipinski definition) is 3. The molecule has 576 valence electrons. The number of esters is 4. The van der Waals surface area contributed by atoms with Crippen LogP contribution in [0.25, 0.3) is 0 Å². The third-order valence-electron chi connectivity index (χ3n) is 18.4. The van der Waals surface area contributed by atoms with Gasteiger partial charge in [0.2, 0.25) is 0 Å². The highest BCUT2D eigenvalue weighted by Crippen LogP contribution is 2.45. The second kappa shape index (κ2) is 67.2. The molecule has 6 atom stereocenters. The number of unbranched alkanes of at least 4 members (excludes halogenated alkanes) is 40. The predicted octanol–water partition coefficient (Wildman–Crippen LogP) is 22.8. The molecule has 0 bridgehead atoms. The molecule has 0 aromatic carbocycles. The van der Waals surface area contributed by atoms with E-state index < -0.39 is 97.5 Å². The van der Waals surface area contributed by atoms with Crippen LogP contribution in [0.15, 0.2) is 0 Å². The molecule has 0 aliphatic heterocycles. The molecule has 0 rings (SSSR count). The highest BCUT2D eigenvalue weighted by atomic mass is 31.2. The number of aliphatic hydroxyl groups excluding tert-OH is 1. The first kappa shape index (κ1) is 95.1. The van der Waals surface area contributed by atoms with Gasteiger partial charge in [-0.2, -0.15) is 0 Å². The summed E-state index contributed by atoms with van der Waals surface area (Å²) in [5.74, 6) is 0.911. The van der Waals surface area contributed by atoms with Gasteiger partial charge in [0.1, 0.15) is 19.3 Å². The van der Waals surface area contributed by atoms with Gasteiger partial charge in [-0.3, -0.25) is 37.3 Å². The lowest BCUT2D eigenvalue weighted by Crippen LogP contribution is -2.30.